The van der Waals surface area contributed by atoms with Gasteiger partial charge in [-0.2, -0.15) is 0 Å². The largest absolute Gasteiger partial charge is 0.387 e. The summed E-state index contributed by atoms with van der Waals surface area (Å²) in [5.74, 6) is 2.50. The van der Waals surface area contributed by atoms with Crippen molar-refractivity contribution >= 4 is 5.84 Å². The molecule has 4 bridgehead atoms. The van der Waals surface area contributed by atoms with E-state index in [0.717, 1.165) is 18.3 Å². The molecule has 4 rings (SSSR count). The summed E-state index contributed by atoms with van der Waals surface area (Å²) in [6.45, 7) is 10.3. The van der Waals surface area contributed by atoms with Gasteiger partial charge < -0.3 is 5.73 Å². The third kappa shape index (κ3) is 2.21. The molecule has 4 fully saturated rings. The number of hydrogen-bond acceptors (Lipinski definition) is 1. The summed E-state index contributed by atoms with van der Waals surface area (Å²) in [5, 5.41) is 0. The first-order valence-electron chi connectivity index (χ1n) is 8.05. The summed E-state index contributed by atoms with van der Waals surface area (Å²) in [6.07, 6.45) is 8.17. The highest BCUT2D eigenvalue weighted by Crippen LogP contribution is 2.69. The molecule has 0 radical (unpaired) electrons. The number of hydrogen-bond donors (Lipinski definition) is 1. The highest BCUT2D eigenvalue weighted by molar-refractivity contribution is 5.87. The number of nitrogens with zero attached hydrogens (tertiary/aromatic N) is 1. The summed E-state index contributed by atoms with van der Waals surface area (Å²) in [4.78, 5) is 4.77. The molecule has 0 aromatic heterocycles. The van der Waals surface area contributed by atoms with Gasteiger partial charge in [0.25, 0.3) is 0 Å². The topological polar surface area (TPSA) is 38.4 Å². The molecule has 0 aliphatic heterocycles. The lowest BCUT2D eigenvalue weighted by atomic mass is 9.40. The zero-order chi connectivity index (χ0) is 13.9. The molecule has 2 N–H and O–H groups in total. The first-order chi connectivity index (χ1) is 8.74. The van der Waals surface area contributed by atoms with E-state index < -0.39 is 0 Å². The molecule has 2 unspecified atom stereocenters. The number of rotatable bonds is 3. The summed E-state index contributed by atoms with van der Waals surface area (Å²) >= 11 is 0. The third-order valence-corrected chi connectivity index (χ3v) is 5.80. The van der Waals surface area contributed by atoms with E-state index in [2.05, 4.69) is 27.7 Å². The van der Waals surface area contributed by atoms with Gasteiger partial charge in [-0.25, -0.2) is 0 Å². The van der Waals surface area contributed by atoms with Crippen LogP contribution in [0.15, 0.2) is 4.99 Å². The van der Waals surface area contributed by atoms with Gasteiger partial charge in [0.05, 0.1) is 5.84 Å². The average Bonchev–Trinajstić information content (AvgIpc) is 2.20. The Morgan fingerprint density at radius 2 is 1.68 bits per heavy atom. The van der Waals surface area contributed by atoms with Gasteiger partial charge >= 0.3 is 0 Å². The SMILES string of the molecule is CC(C)CN=C(N)C12CC3CC(C)(CC(C)(C3)C1)C2. The molecule has 0 spiro atoms. The molecule has 108 valence electrons. The molecule has 0 aromatic rings. The Kier molecular flexibility index (Phi) is 2.82. The van der Waals surface area contributed by atoms with Crippen LogP contribution in [0.2, 0.25) is 0 Å². The van der Waals surface area contributed by atoms with Crippen LogP contribution in [0, 0.1) is 28.1 Å². The van der Waals surface area contributed by atoms with E-state index in [9.17, 15) is 0 Å². The zero-order valence-corrected chi connectivity index (χ0v) is 13.1. The van der Waals surface area contributed by atoms with Crippen LogP contribution in [0.4, 0.5) is 0 Å². The summed E-state index contributed by atoms with van der Waals surface area (Å²) in [7, 11) is 0. The van der Waals surface area contributed by atoms with Gasteiger partial charge in [0.2, 0.25) is 0 Å². The minimum absolute atomic E-state index is 0.248. The van der Waals surface area contributed by atoms with Crippen LogP contribution in [-0.4, -0.2) is 12.4 Å². The normalized spacial score (nSPS) is 49.1. The van der Waals surface area contributed by atoms with Gasteiger partial charge in [-0.1, -0.05) is 27.7 Å². The summed E-state index contributed by atoms with van der Waals surface area (Å²) in [5.41, 5.74) is 7.80. The fraction of sp³-hybridized carbons (Fsp3) is 0.941. The second-order valence-corrected chi connectivity index (χ2v) is 9.03. The lowest BCUT2D eigenvalue weighted by Gasteiger charge is -2.65. The molecule has 19 heavy (non-hydrogen) atoms. The molecule has 0 heterocycles. The van der Waals surface area contributed by atoms with E-state index in [0.29, 0.717) is 16.7 Å². The Bertz CT molecular complexity index is 391. The van der Waals surface area contributed by atoms with Crippen molar-refractivity contribution in [1.29, 1.82) is 0 Å². The number of amidine groups is 1. The van der Waals surface area contributed by atoms with E-state index in [4.69, 9.17) is 10.7 Å². The van der Waals surface area contributed by atoms with Crippen molar-refractivity contribution in [3.05, 3.63) is 0 Å². The predicted octanol–water partition coefficient (Wildman–Crippen LogP) is 4.00. The second-order valence-electron chi connectivity index (χ2n) is 9.03. The van der Waals surface area contributed by atoms with Crippen LogP contribution < -0.4 is 5.73 Å². The van der Waals surface area contributed by atoms with Crippen molar-refractivity contribution < 1.29 is 0 Å². The Hall–Kier alpha value is -0.530. The standard InChI is InChI=1S/C17H30N2/c1-12(2)8-19-14(18)17-7-13-5-15(3,10-17)9-16(4,6-13)11-17/h12-13H,5-11H2,1-4H3,(H2,18,19). The lowest BCUT2D eigenvalue weighted by molar-refractivity contribution is -0.116. The molecule has 4 saturated carbocycles. The van der Waals surface area contributed by atoms with Crippen molar-refractivity contribution in [2.45, 2.75) is 66.2 Å². The van der Waals surface area contributed by atoms with E-state index in [1.54, 1.807) is 0 Å². The minimum atomic E-state index is 0.248. The highest BCUT2D eigenvalue weighted by atomic mass is 14.9. The molecular weight excluding hydrogens is 232 g/mol. The van der Waals surface area contributed by atoms with E-state index in [-0.39, 0.29) is 5.41 Å². The molecule has 0 amide bonds. The van der Waals surface area contributed by atoms with Gasteiger partial charge in [-0.15, -0.1) is 0 Å². The zero-order valence-electron chi connectivity index (χ0n) is 13.1. The fourth-order valence-electron chi connectivity index (χ4n) is 6.18. The van der Waals surface area contributed by atoms with E-state index in [1.807, 2.05) is 0 Å². The van der Waals surface area contributed by atoms with Gasteiger partial charge in [0, 0.05) is 12.0 Å². The maximum Gasteiger partial charge on any atom is 0.1000 e. The van der Waals surface area contributed by atoms with E-state index >= 15 is 0 Å². The second kappa shape index (κ2) is 3.99. The quantitative estimate of drug-likeness (QED) is 0.606. The van der Waals surface area contributed by atoms with Crippen molar-refractivity contribution in [1.82, 2.24) is 0 Å². The van der Waals surface area contributed by atoms with Crippen LogP contribution in [-0.2, 0) is 0 Å². The molecule has 2 nitrogen and oxygen atoms in total. The van der Waals surface area contributed by atoms with Crippen molar-refractivity contribution in [2.75, 3.05) is 6.54 Å². The number of aliphatic imine (C=N–C) groups is 1. The molecule has 2 atom stereocenters. The minimum Gasteiger partial charge on any atom is -0.387 e. The van der Waals surface area contributed by atoms with Crippen molar-refractivity contribution in [2.24, 2.45) is 38.8 Å². The molecule has 2 heteroatoms. The van der Waals surface area contributed by atoms with Gasteiger partial charge in [0.1, 0.15) is 0 Å². The van der Waals surface area contributed by atoms with E-state index in [1.165, 1.54) is 38.5 Å². The predicted molar refractivity (Wildman–Crippen MR) is 81.2 cm³/mol. The monoisotopic (exact) mass is 262 g/mol. The lowest BCUT2D eigenvalue weighted by Crippen LogP contribution is -2.59. The van der Waals surface area contributed by atoms with Crippen LogP contribution in [0.1, 0.15) is 66.2 Å². The highest BCUT2D eigenvalue weighted by Gasteiger charge is 2.61. The Labute approximate surface area is 118 Å². The maximum atomic E-state index is 6.49. The Balaban J connectivity index is 1.90. The van der Waals surface area contributed by atoms with Crippen LogP contribution >= 0.6 is 0 Å². The first-order valence-corrected chi connectivity index (χ1v) is 8.05. The first kappa shape index (κ1) is 13.5. The van der Waals surface area contributed by atoms with Gasteiger partial charge in [-0.3, -0.25) is 4.99 Å². The van der Waals surface area contributed by atoms with Gasteiger partial charge in [0.15, 0.2) is 0 Å². The van der Waals surface area contributed by atoms with Gasteiger partial charge in [-0.05, 0) is 61.2 Å². The smallest absolute Gasteiger partial charge is 0.1000 e. The molecule has 0 aromatic carbocycles. The summed E-state index contributed by atoms with van der Waals surface area (Å²) < 4.78 is 0. The molecular formula is C17H30N2. The van der Waals surface area contributed by atoms with Crippen molar-refractivity contribution in [3.63, 3.8) is 0 Å². The average molecular weight is 262 g/mol. The van der Waals surface area contributed by atoms with Crippen LogP contribution in [0.25, 0.3) is 0 Å². The Morgan fingerprint density at radius 1 is 1.11 bits per heavy atom. The third-order valence-electron chi connectivity index (χ3n) is 5.80. The van der Waals surface area contributed by atoms with Crippen molar-refractivity contribution in [3.8, 4) is 0 Å². The molecule has 4 aliphatic carbocycles. The maximum absolute atomic E-state index is 6.49. The molecule has 0 saturated heterocycles. The fourth-order valence-corrected chi connectivity index (χ4v) is 6.18. The Morgan fingerprint density at radius 3 is 2.16 bits per heavy atom. The van der Waals surface area contributed by atoms with Crippen LogP contribution in [0.5, 0.6) is 0 Å². The summed E-state index contributed by atoms with van der Waals surface area (Å²) in [6, 6.07) is 0. The van der Waals surface area contributed by atoms with Crippen LogP contribution in [0.3, 0.4) is 0 Å². The molecule has 4 aliphatic rings. The number of nitrogens with two attached hydrogens (primary N) is 1.